The number of aromatic nitrogens is 5. The molecule has 30 heavy (non-hydrogen) atoms. The van der Waals surface area contributed by atoms with Gasteiger partial charge in [0.05, 0.1) is 11.3 Å². The standard InChI is InChI=1S/C18H13F3N6OS2/c19-18(20,21)12-6-7-13-23-26-17(27(13)9-12)29-10-14-24-25-16(30-14)15(28)22-8-11-4-2-1-3-5-11/h1-7,9H,8,10H2,(H,22,28). The number of nitrogens with zero attached hydrogens (tertiary/aromatic N) is 5. The highest BCUT2D eigenvalue weighted by Gasteiger charge is 2.31. The van der Waals surface area contributed by atoms with Crippen molar-refractivity contribution in [3.63, 3.8) is 0 Å². The average molecular weight is 450 g/mol. The lowest BCUT2D eigenvalue weighted by Crippen LogP contribution is -2.22. The summed E-state index contributed by atoms with van der Waals surface area (Å²) in [7, 11) is 0. The smallest absolute Gasteiger partial charge is 0.346 e. The summed E-state index contributed by atoms with van der Waals surface area (Å²) in [6.45, 7) is 0.372. The van der Waals surface area contributed by atoms with Gasteiger partial charge in [0.15, 0.2) is 10.8 Å². The minimum Gasteiger partial charge on any atom is -0.346 e. The van der Waals surface area contributed by atoms with Crippen molar-refractivity contribution in [3.8, 4) is 0 Å². The van der Waals surface area contributed by atoms with Crippen LogP contribution in [0, 0.1) is 0 Å². The molecular formula is C18H13F3N6OS2. The molecule has 4 rings (SSSR count). The molecule has 0 aliphatic heterocycles. The van der Waals surface area contributed by atoms with Crippen molar-refractivity contribution in [2.24, 2.45) is 0 Å². The van der Waals surface area contributed by atoms with Crippen LogP contribution in [0.25, 0.3) is 5.65 Å². The fourth-order valence-electron chi connectivity index (χ4n) is 2.52. The van der Waals surface area contributed by atoms with E-state index in [-0.39, 0.29) is 10.9 Å². The maximum atomic E-state index is 12.9. The number of benzene rings is 1. The maximum Gasteiger partial charge on any atom is 0.417 e. The molecule has 7 nitrogen and oxygen atoms in total. The van der Waals surface area contributed by atoms with Crippen LogP contribution in [-0.2, 0) is 18.5 Å². The van der Waals surface area contributed by atoms with E-state index in [1.165, 1.54) is 10.5 Å². The van der Waals surface area contributed by atoms with E-state index in [2.05, 4.69) is 25.7 Å². The van der Waals surface area contributed by atoms with Crippen molar-refractivity contribution in [2.45, 2.75) is 23.6 Å². The number of hydrogen-bond donors (Lipinski definition) is 1. The molecule has 0 atom stereocenters. The molecule has 0 saturated carbocycles. The van der Waals surface area contributed by atoms with E-state index in [0.717, 1.165) is 40.9 Å². The molecular weight excluding hydrogens is 437 g/mol. The van der Waals surface area contributed by atoms with Crippen molar-refractivity contribution in [1.29, 1.82) is 0 Å². The largest absolute Gasteiger partial charge is 0.417 e. The Morgan fingerprint density at radius 2 is 1.87 bits per heavy atom. The second kappa shape index (κ2) is 8.40. The Balaban J connectivity index is 1.40. The van der Waals surface area contributed by atoms with E-state index in [4.69, 9.17) is 0 Å². The lowest BCUT2D eigenvalue weighted by atomic mass is 10.2. The van der Waals surface area contributed by atoms with Crippen LogP contribution in [0.4, 0.5) is 13.2 Å². The Hall–Kier alpha value is -2.99. The zero-order valence-corrected chi connectivity index (χ0v) is 16.8. The van der Waals surface area contributed by atoms with E-state index in [0.29, 0.717) is 28.1 Å². The van der Waals surface area contributed by atoms with E-state index in [1.54, 1.807) is 0 Å². The first kappa shape index (κ1) is 20.3. The maximum absolute atomic E-state index is 12.9. The third kappa shape index (κ3) is 4.60. The summed E-state index contributed by atoms with van der Waals surface area (Å²) in [6.07, 6.45) is -3.50. The molecule has 1 aromatic carbocycles. The molecule has 1 amide bonds. The lowest BCUT2D eigenvalue weighted by Gasteiger charge is -2.07. The number of carbonyl (C=O) groups excluding carboxylic acids is 1. The van der Waals surface area contributed by atoms with Crippen LogP contribution in [0.3, 0.4) is 0 Å². The van der Waals surface area contributed by atoms with Gasteiger partial charge in [0.2, 0.25) is 5.01 Å². The Morgan fingerprint density at radius 1 is 1.07 bits per heavy atom. The predicted octanol–water partition coefficient (Wildman–Crippen LogP) is 3.82. The quantitative estimate of drug-likeness (QED) is 0.450. The fourth-order valence-corrected chi connectivity index (χ4v) is 4.18. The van der Waals surface area contributed by atoms with Crippen LogP contribution in [0.1, 0.15) is 25.9 Å². The van der Waals surface area contributed by atoms with Crippen molar-refractivity contribution in [3.05, 3.63) is 69.8 Å². The van der Waals surface area contributed by atoms with Crippen molar-refractivity contribution in [2.75, 3.05) is 0 Å². The van der Waals surface area contributed by atoms with Gasteiger partial charge >= 0.3 is 6.18 Å². The molecule has 154 valence electrons. The molecule has 4 aromatic rings. The van der Waals surface area contributed by atoms with Crippen LogP contribution in [0.15, 0.2) is 53.8 Å². The van der Waals surface area contributed by atoms with E-state index in [1.807, 2.05) is 30.3 Å². The molecule has 0 aliphatic rings. The second-order valence-electron chi connectivity index (χ2n) is 6.08. The Bertz CT molecular complexity index is 1180. The normalized spacial score (nSPS) is 11.7. The van der Waals surface area contributed by atoms with Crippen molar-refractivity contribution >= 4 is 34.7 Å². The van der Waals surface area contributed by atoms with Gasteiger partial charge in [-0.2, -0.15) is 13.2 Å². The fraction of sp³-hybridized carbons (Fsp3) is 0.167. The minimum absolute atomic E-state index is 0.215. The second-order valence-corrected chi connectivity index (χ2v) is 8.09. The molecule has 0 unspecified atom stereocenters. The number of halogens is 3. The van der Waals surface area contributed by atoms with Crippen LogP contribution >= 0.6 is 23.1 Å². The molecule has 0 spiro atoms. The molecule has 3 aromatic heterocycles. The molecule has 1 N–H and O–H groups in total. The molecule has 12 heteroatoms. The van der Waals surface area contributed by atoms with Gasteiger partial charge in [-0.3, -0.25) is 9.20 Å². The molecule has 3 heterocycles. The summed E-state index contributed by atoms with van der Waals surface area (Å²) in [5.74, 6) is -0.0453. The summed E-state index contributed by atoms with van der Waals surface area (Å²) in [5.41, 5.74) is 0.483. The first-order chi connectivity index (χ1) is 14.4. The highest BCUT2D eigenvalue weighted by Crippen LogP contribution is 2.30. The highest BCUT2D eigenvalue weighted by atomic mass is 32.2. The van der Waals surface area contributed by atoms with Gasteiger partial charge in [-0.15, -0.1) is 20.4 Å². The number of rotatable bonds is 6. The van der Waals surface area contributed by atoms with Gasteiger partial charge in [0, 0.05) is 12.7 Å². The highest BCUT2D eigenvalue weighted by molar-refractivity contribution is 7.98. The Morgan fingerprint density at radius 3 is 2.63 bits per heavy atom. The summed E-state index contributed by atoms with van der Waals surface area (Å²) in [6, 6.07) is 11.7. The number of pyridine rings is 1. The number of amides is 1. The van der Waals surface area contributed by atoms with E-state index < -0.39 is 11.7 Å². The van der Waals surface area contributed by atoms with Gasteiger partial charge < -0.3 is 5.32 Å². The zero-order chi connectivity index (χ0) is 21.1. The molecule has 0 radical (unpaired) electrons. The zero-order valence-electron chi connectivity index (χ0n) is 15.1. The summed E-state index contributed by atoms with van der Waals surface area (Å²) < 4.78 is 40.1. The first-order valence-corrected chi connectivity index (χ1v) is 10.4. The Labute approximate surface area is 176 Å². The van der Waals surface area contributed by atoms with Gasteiger partial charge in [-0.25, -0.2) is 0 Å². The van der Waals surface area contributed by atoms with Crippen LogP contribution in [0.2, 0.25) is 0 Å². The predicted molar refractivity (Wildman–Crippen MR) is 105 cm³/mol. The minimum atomic E-state index is -4.46. The SMILES string of the molecule is O=C(NCc1ccccc1)c1nnc(CSc2nnc3ccc(C(F)(F)F)cn23)s1. The molecule has 0 aliphatic carbocycles. The number of thioether (sulfide) groups is 1. The number of fused-ring (bicyclic) bond motifs is 1. The monoisotopic (exact) mass is 450 g/mol. The first-order valence-electron chi connectivity index (χ1n) is 8.59. The van der Waals surface area contributed by atoms with E-state index >= 15 is 0 Å². The molecule has 0 saturated heterocycles. The Kier molecular flexibility index (Phi) is 5.68. The summed E-state index contributed by atoms with van der Waals surface area (Å²) in [4.78, 5) is 12.2. The van der Waals surface area contributed by atoms with Crippen molar-refractivity contribution in [1.82, 2.24) is 30.1 Å². The third-order valence-corrected chi connectivity index (χ3v) is 6.04. The summed E-state index contributed by atoms with van der Waals surface area (Å²) in [5, 5.41) is 19.5. The molecule has 0 bridgehead atoms. The van der Waals surface area contributed by atoms with E-state index in [9.17, 15) is 18.0 Å². The van der Waals surface area contributed by atoms with Crippen LogP contribution < -0.4 is 5.32 Å². The van der Waals surface area contributed by atoms with Gasteiger partial charge in [0.1, 0.15) is 5.01 Å². The van der Waals surface area contributed by atoms with Gasteiger partial charge in [-0.1, -0.05) is 53.4 Å². The molecule has 0 fully saturated rings. The van der Waals surface area contributed by atoms with Crippen molar-refractivity contribution < 1.29 is 18.0 Å². The number of nitrogens with one attached hydrogen (secondary N) is 1. The number of carbonyl (C=O) groups is 1. The summed E-state index contributed by atoms with van der Waals surface area (Å²) >= 11 is 2.28. The average Bonchev–Trinajstić information content (AvgIpc) is 3.37. The number of hydrogen-bond acceptors (Lipinski definition) is 7. The number of alkyl halides is 3. The third-order valence-electron chi connectivity index (χ3n) is 3.98. The van der Waals surface area contributed by atoms with Crippen LogP contribution in [0.5, 0.6) is 0 Å². The van der Waals surface area contributed by atoms with Gasteiger partial charge in [-0.05, 0) is 17.7 Å². The topological polar surface area (TPSA) is 85.1 Å². The van der Waals surface area contributed by atoms with Crippen LogP contribution in [-0.4, -0.2) is 30.7 Å². The van der Waals surface area contributed by atoms with Gasteiger partial charge in [0.25, 0.3) is 5.91 Å². The lowest BCUT2D eigenvalue weighted by molar-refractivity contribution is -0.137.